The largest absolute Gasteiger partial charge is 0.505 e. The van der Waals surface area contributed by atoms with Crippen LogP contribution < -0.4 is 5.32 Å². The number of phenolic OH excluding ortho intramolecular Hbond substituents is 1. The predicted octanol–water partition coefficient (Wildman–Crippen LogP) is 3.43. The fourth-order valence-corrected chi connectivity index (χ4v) is 2.63. The molecule has 26 heavy (non-hydrogen) atoms. The Hall–Kier alpha value is -3.48. The monoisotopic (exact) mass is 354 g/mol. The Morgan fingerprint density at radius 1 is 1.15 bits per heavy atom. The number of phenols is 1. The average Bonchev–Trinajstić information content (AvgIpc) is 2.62. The van der Waals surface area contributed by atoms with E-state index in [1.54, 1.807) is 6.92 Å². The Morgan fingerprint density at radius 2 is 1.92 bits per heavy atom. The maximum atomic E-state index is 13.6. The highest BCUT2D eigenvalue weighted by Gasteiger charge is 2.18. The van der Waals surface area contributed by atoms with Crippen molar-refractivity contribution in [3.63, 3.8) is 0 Å². The van der Waals surface area contributed by atoms with Gasteiger partial charge in [-0.25, -0.2) is 9.18 Å². The molecule has 0 bridgehead atoms. The van der Waals surface area contributed by atoms with Crippen LogP contribution in [-0.4, -0.2) is 29.1 Å². The number of ether oxygens (including phenoxy) is 1. The molecule has 2 aromatic carbocycles. The summed E-state index contributed by atoms with van der Waals surface area (Å²) in [6.45, 7) is 1.72. The number of fused-ring (bicyclic) bond motifs is 1. The zero-order valence-corrected chi connectivity index (χ0v) is 14.0. The van der Waals surface area contributed by atoms with Gasteiger partial charge in [0.25, 0.3) is 5.91 Å². The number of para-hydroxylation sites is 1. The van der Waals surface area contributed by atoms with E-state index in [0.29, 0.717) is 16.6 Å². The van der Waals surface area contributed by atoms with Crippen LogP contribution in [0.1, 0.15) is 26.4 Å². The van der Waals surface area contributed by atoms with Crippen molar-refractivity contribution in [3.8, 4) is 5.75 Å². The third-order valence-corrected chi connectivity index (χ3v) is 3.83. The van der Waals surface area contributed by atoms with Crippen molar-refractivity contribution in [1.29, 1.82) is 0 Å². The zero-order chi connectivity index (χ0) is 18.8. The maximum absolute atomic E-state index is 13.6. The van der Waals surface area contributed by atoms with Crippen molar-refractivity contribution >= 4 is 28.5 Å². The second-order valence-corrected chi connectivity index (χ2v) is 5.62. The number of aryl methyl sites for hydroxylation is 1. The van der Waals surface area contributed by atoms with Crippen LogP contribution in [-0.2, 0) is 4.74 Å². The van der Waals surface area contributed by atoms with E-state index in [2.05, 4.69) is 15.0 Å². The summed E-state index contributed by atoms with van der Waals surface area (Å²) in [6.07, 6.45) is 0. The number of carbonyl (C=O) groups is 2. The summed E-state index contributed by atoms with van der Waals surface area (Å²) in [7, 11) is 1.19. The number of anilines is 1. The van der Waals surface area contributed by atoms with E-state index in [4.69, 9.17) is 0 Å². The number of pyridine rings is 1. The minimum atomic E-state index is -0.731. The van der Waals surface area contributed by atoms with Crippen LogP contribution in [0.15, 0.2) is 42.5 Å². The number of aromatic hydroxyl groups is 1. The van der Waals surface area contributed by atoms with Crippen molar-refractivity contribution in [2.75, 3.05) is 12.4 Å². The highest BCUT2D eigenvalue weighted by atomic mass is 19.1. The molecule has 0 aliphatic heterocycles. The van der Waals surface area contributed by atoms with E-state index in [1.807, 2.05) is 0 Å². The Labute approximate surface area is 148 Å². The van der Waals surface area contributed by atoms with Gasteiger partial charge in [-0.2, -0.15) is 0 Å². The molecule has 0 saturated carbocycles. The molecule has 6 nitrogen and oxygen atoms in total. The van der Waals surface area contributed by atoms with Crippen molar-refractivity contribution in [2.45, 2.75) is 6.92 Å². The molecule has 0 aliphatic carbocycles. The van der Waals surface area contributed by atoms with Crippen LogP contribution in [0.25, 0.3) is 10.9 Å². The first-order valence-corrected chi connectivity index (χ1v) is 7.69. The lowest BCUT2D eigenvalue weighted by atomic mass is 10.1. The number of nitrogens with one attached hydrogen (secondary N) is 1. The third kappa shape index (κ3) is 3.19. The van der Waals surface area contributed by atoms with Gasteiger partial charge < -0.3 is 15.2 Å². The fraction of sp³-hybridized carbons (Fsp3) is 0.105. The highest BCUT2D eigenvalue weighted by Crippen LogP contribution is 2.29. The minimum absolute atomic E-state index is 0.0388. The molecule has 0 aliphatic rings. The van der Waals surface area contributed by atoms with Gasteiger partial charge in [0.1, 0.15) is 11.4 Å². The molecule has 0 unspecified atom stereocenters. The number of halogens is 1. The summed E-state index contributed by atoms with van der Waals surface area (Å²) < 4.78 is 18.2. The Bertz CT molecular complexity index is 1030. The number of carbonyl (C=O) groups excluding carboxylic acids is 2. The van der Waals surface area contributed by atoms with Gasteiger partial charge in [0, 0.05) is 11.1 Å². The first-order valence-electron chi connectivity index (χ1n) is 7.69. The van der Waals surface area contributed by atoms with Crippen LogP contribution >= 0.6 is 0 Å². The van der Waals surface area contributed by atoms with E-state index >= 15 is 0 Å². The lowest BCUT2D eigenvalue weighted by molar-refractivity contribution is 0.0597. The number of methoxy groups -OCH3 is 1. The van der Waals surface area contributed by atoms with Crippen molar-refractivity contribution in [2.24, 2.45) is 0 Å². The molecule has 2 N–H and O–H groups in total. The molecular weight excluding hydrogens is 339 g/mol. The first kappa shape index (κ1) is 17.3. The molecule has 7 heteroatoms. The molecule has 0 spiro atoms. The molecule has 0 radical (unpaired) electrons. The summed E-state index contributed by atoms with van der Waals surface area (Å²) in [5, 5.41) is 13.1. The molecule has 3 rings (SSSR count). The molecule has 1 heterocycles. The number of hydrogen-bond donors (Lipinski definition) is 2. The van der Waals surface area contributed by atoms with Crippen molar-refractivity contribution in [1.82, 2.24) is 4.98 Å². The van der Waals surface area contributed by atoms with Crippen LogP contribution in [0.2, 0.25) is 0 Å². The molecular formula is C19H15FN2O4. The van der Waals surface area contributed by atoms with E-state index < -0.39 is 23.4 Å². The highest BCUT2D eigenvalue weighted by molar-refractivity contribution is 6.13. The molecule has 1 amide bonds. The SMILES string of the molecule is COC(=O)c1cccc(NC(=O)c2cc(C)nc3ccc(F)cc23)c1O. The van der Waals surface area contributed by atoms with Gasteiger partial charge in [-0.1, -0.05) is 6.07 Å². The molecule has 0 atom stereocenters. The van der Waals surface area contributed by atoms with E-state index in [9.17, 15) is 19.1 Å². The minimum Gasteiger partial charge on any atom is -0.505 e. The van der Waals surface area contributed by atoms with Gasteiger partial charge in [-0.15, -0.1) is 0 Å². The first-order chi connectivity index (χ1) is 12.4. The lowest BCUT2D eigenvalue weighted by Gasteiger charge is -2.12. The van der Waals surface area contributed by atoms with E-state index in [1.165, 1.54) is 49.6 Å². The second-order valence-electron chi connectivity index (χ2n) is 5.62. The van der Waals surface area contributed by atoms with Gasteiger partial charge in [-0.05, 0) is 43.3 Å². The molecule has 0 fully saturated rings. The Balaban J connectivity index is 2.03. The summed E-state index contributed by atoms with van der Waals surface area (Å²) >= 11 is 0. The number of rotatable bonds is 3. The summed E-state index contributed by atoms with van der Waals surface area (Å²) in [5.74, 6) is -2.20. The average molecular weight is 354 g/mol. The van der Waals surface area contributed by atoms with Crippen LogP contribution in [0.5, 0.6) is 5.75 Å². The van der Waals surface area contributed by atoms with Gasteiger partial charge >= 0.3 is 5.97 Å². The number of esters is 1. The molecule has 0 saturated heterocycles. The number of hydrogen-bond acceptors (Lipinski definition) is 5. The maximum Gasteiger partial charge on any atom is 0.341 e. The summed E-state index contributed by atoms with van der Waals surface area (Å²) in [4.78, 5) is 28.6. The summed E-state index contributed by atoms with van der Waals surface area (Å²) in [5.41, 5.74) is 1.23. The van der Waals surface area contributed by atoms with Crippen molar-refractivity contribution in [3.05, 3.63) is 65.1 Å². The van der Waals surface area contributed by atoms with Gasteiger partial charge in [0.15, 0.2) is 5.75 Å². The molecule has 1 aromatic heterocycles. The third-order valence-electron chi connectivity index (χ3n) is 3.83. The van der Waals surface area contributed by atoms with Crippen LogP contribution in [0.4, 0.5) is 10.1 Å². The summed E-state index contributed by atoms with van der Waals surface area (Å²) in [6, 6.07) is 9.82. The lowest BCUT2D eigenvalue weighted by Crippen LogP contribution is -2.14. The number of nitrogens with zero attached hydrogens (tertiary/aromatic N) is 1. The predicted molar refractivity (Wildman–Crippen MR) is 93.8 cm³/mol. The normalized spacial score (nSPS) is 10.6. The second kappa shape index (κ2) is 6.79. The zero-order valence-electron chi connectivity index (χ0n) is 14.0. The van der Waals surface area contributed by atoms with Crippen LogP contribution in [0, 0.1) is 12.7 Å². The van der Waals surface area contributed by atoms with E-state index in [-0.39, 0.29) is 16.8 Å². The fourth-order valence-electron chi connectivity index (χ4n) is 2.63. The molecule has 3 aromatic rings. The van der Waals surface area contributed by atoms with E-state index in [0.717, 1.165) is 0 Å². The Morgan fingerprint density at radius 3 is 2.65 bits per heavy atom. The standard InChI is InChI=1S/C19H15FN2O4/c1-10-8-14(13-9-11(20)6-7-15(13)21-10)18(24)22-16-5-3-4-12(17(16)23)19(25)26-2/h3-9,23H,1-2H3,(H,22,24). The number of benzene rings is 2. The quantitative estimate of drug-likeness (QED) is 0.556. The van der Waals surface area contributed by atoms with Gasteiger partial charge in [0.05, 0.1) is 23.9 Å². The van der Waals surface area contributed by atoms with Crippen LogP contribution in [0.3, 0.4) is 0 Å². The molecule has 132 valence electrons. The topological polar surface area (TPSA) is 88.5 Å². The number of aromatic nitrogens is 1. The van der Waals surface area contributed by atoms with Crippen molar-refractivity contribution < 1.29 is 23.8 Å². The Kier molecular flexibility index (Phi) is 4.53. The van der Waals surface area contributed by atoms with Gasteiger partial charge in [-0.3, -0.25) is 9.78 Å². The van der Waals surface area contributed by atoms with Gasteiger partial charge in [0.2, 0.25) is 0 Å². The number of amides is 1. The smallest absolute Gasteiger partial charge is 0.341 e.